The number of halogens is 2. The van der Waals surface area contributed by atoms with E-state index in [1.165, 1.54) is 10.6 Å². The minimum atomic E-state index is -0.378. The molecule has 0 saturated heterocycles. The molecule has 0 aliphatic carbocycles. The maximum atomic E-state index is 12.9. The quantitative estimate of drug-likeness (QED) is 0.519. The number of hydrogen-bond acceptors (Lipinski definition) is 4. The molecule has 4 aromatic rings. The highest BCUT2D eigenvalue weighted by molar-refractivity contribution is 6.36. The summed E-state index contributed by atoms with van der Waals surface area (Å²) in [6.07, 6.45) is 1.60. The van der Waals surface area contributed by atoms with Crippen molar-refractivity contribution in [2.75, 3.05) is 5.32 Å². The third kappa shape index (κ3) is 3.72. The topological polar surface area (TPSA) is 76.9 Å². The Morgan fingerprint density at radius 2 is 1.83 bits per heavy atom. The van der Waals surface area contributed by atoms with Crippen molar-refractivity contribution in [1.29, 1.82) is 0 Å². The van der Waals surface area contributed by atoms with Crippen molar-refractivity contribution in [2.45, 2.75) is 6.92 Å². The normalized spacial score (nSPS) is 10.9. The zero-order chi connectivity index (χ0) is 20.5. The maximum Gasteiger partial charge on any atom is 0.267 e. The van der Waals surface area contributed by atoms with Crippen LogP contribution in [0.2, 0.25) is 10.0 Å². The van der Waals surface area contributed by atoms with Gasteiger partial charge in [0.2, 0.25) is 0 Å². The Morgan fingerprint density at radius 1 is 1.07 bits per heavy atom. The van der Waals surface area contributed by atoms with E-state index in [0.29, 0.717) is 38.3 Å². The summed E-state index contributed by atoms with van der Waals surface area (Å²) in [5, 5.41) is 3.93. The van der Waals surface area contributed by atoms with Crippen molar-refractivity contribution in [3.8, 4) is 5.69 Å². The first-order valence-electron chi connectivity index (χ1n) is 8.65. The van der Waals surface area contributed by atoms with Crippen LogP contribution < -0.4 is 10.9 Å². The van der Waals surface area contributed by atoms with E-state index in [1.54, 1.807) is 61.7 Å². The molecule has 0 radical (unpaired) electrons. The van der Waals surface area contributed by atoms with E-state index in [4.69, 9.17) is 23.2 Å². The molecule has 144 valence electrons. The highest BCUT2D eigenvalue weighted by atomic mass is 35.5. The molecule has 6 nitrogen and oxygen atoms in total. The largest absolute Gasteiger partial charge is 0.322 e. The smallest absolute Gasteiger partial charge is 0.267 e. The SMILES string of the molecule is Cc1nc2ncccc2c(=O)n1-c1ccc(NC(=O)c2cc(Cl)ccc2Cl)cc1. The number of benzene rings is 2. The molecule has 8 heteroatoms. The van der Waals surface area contributed by atoms with Gasteiger partial charge in [-0.15, -0.1) is 0 Å². The second kappa shape index (κ2) is 7.66. The van der Waals surface area contributed by atoms with E-state index in [2.05, 4.69) is 15.3 Å². The van der Waals surface area contributed by atoms with Crippen molar-refractivity contribution in [1.82, 2.24) is 14.5 Å². The average molecular weight is 425 g/mol. The Balaban J connectivity index is 1.65. The number of pyridine rings is 1. The zero-order valence-corrected chi connectivity index (χ0v) is 16.7. The predicted molar refractivity (Wildman–Crippen MR) is 114 cm³/mol. The van der Waals surface area contributed by atoms with Gasteiger partial charge >= 0.3 is 0 Å². The van der Waals surface area contributed by atoms with E-state index in [9.17, 15) is 9.59 Å². The van der Waals surface area contributed by atoms with E-state index in [-0.39, 0.29) is 17.0 Å². The molecule has 0 saturated carbocycles. The van der Waals surface area contributed by atoms with Gasteiger partial charge in [-0.05, 0) is 61.5 Å². The molecule has 0 aliphatic rings. The lowest BCUT2D eigenvalue weighted by Crippen LogP contribution is -2.22. The van der Waals surface area contributed by atoms with Crippen LogP contribution in [0.25, 0.3) is 16.7 Å². The molecule has 29 heavy (non-hydrogen) atoms. The van der Waals surface area contributed by atoms with Crippen molar-refractivity contribution >= 4 is 45.8 Å². The van der Waals surface area contributed by atoms with Gasteiger partial charge in [-0.25, -0.2) is 9.97 Å². The van der Waals surface area contributed by atoms with E-state index >= 15 is 0 Å². The molecule has 1 amide bonds. The Labute approximate surface area is 175 Å². The number of aryl methyl sites for hydroxylation is 1. The Bertz CT molecular complexity index is 1300. The minimum absolute atomic E-state index is 0.205. The van der Waals surface area contributed by atoms with Crippen molar-refractivity contribution in [2.24, 2.45) is 0 Å². The monoisotopic (exact) mass is 424 g/mol. The van der Waals surface area contributed by atoms with Crippen molar-refractivity contribution in [3.05, 3.63) is 92.6 Å². The Hall–Kier alpha value is -3.22. The number of rotatable bonds is 3. The number of amides is 1. The molecule has 1 N–H and O–H groups in total. The van der Waals surface area contributed by atoms with Gasteiger partial charge in [0, 0.05) is 16.9 Å². The molecular formula is C21H14Cl2N4O2. The van der Waals surface area contributed by atoms with Gasteiger partial charge in [-0.1, -0.05) is 23.2 Å². The van der Waals surface area contributed by atoms with Crippen LogP contribution in [0.1, 0.15) is 16.2 Å². The van der Waals surface area contributed by atoms with Gasteiger partial charge in [0.1, 0.15) is 5.82 Å². The second-order valence-corrected chi connectivity index (χ2v) is 7.14. The zero-order valence-electron chi connectivity index (χ0n) is 15.2. The molecule has 0 fully saturated rings. The number of anilines is 1. The van der Waals surface area contributed by atoms with Gasteiger partial charge in [0.15, 0.2) is 5.65 Å². The number of nitrogens with one attached hydrogen (secondary N) is 1. The predicted octanol–water partition coefficient (Wildman–Crippen LogP) is 4.65. The van der Waals surface area contributed by atoms with Crippen LogP contribution in [0.15, 0.2) is 65.6 Å². The number of carbonyl (C=O) groups is 1. The summed E-state index contributed by atoms with van der Waals surface area (Å²) in [6.45, 7) is 1.74. The maximum absolute atomic E-state index is 12.9. The van der Waals surface area contributed by atoms with Gasteiger partial charge in [-0.2, -0.15) is 0 Å². The summed E-state index contributed by atoms with van der Waals surface area (Å²) in [4.78, 5) is 33.9. The van der Waals surface area contributed by atoms with E-state index in [1.807, 2.05) is 0 Å². The van der Waals surface area contributed by atoms with Crippen molar-refractivity contribution in [3.63, 3.8) is 0 Å². The highest BCUT2D eigenvalue weighted by Crippen LogP contribution is 2.22. The highest BCUT2D eigenvalue weighted by Gasteiger charge is 2.13. The summed E-state index contributed by atoms with van der Waals surface area (Å²) in [5.74, 6) is 0.140. The third-order valence-corrected chi connectivity index (χ3v) is 4.93. The van der Waals surface area contributed by atoms with Crippen LogP contribution in [-0.4, -0.2) is 20.4 Å². The van der Waals surface area contributed by atoms with Crippen LogP contribution in [0.4, 0.5) is 5.69 Å². The molecule has 0 spiro atoms. The Morgan fingerprint density at radius 3 is 2.59 bits per heavy atom. The molecule has 0 aliphatic heterocycles. The van der Waals surface area contributed by atoms with Crippen LogP contribution in [0.5, 0.6) is 0 Å². The summed E-state index contributed by atoms with van der Waals surface area (Å²) < 4.78 is 1.50. The first-order valence-corrected chi connectivity index (χ1v) is 9.41. The summed E-state index contributed by atoms with van der Waals surface area (Å²) >= 11 is 12.0. The van der Waals surface area contributed by atoms with Crippen LogP contribution >= 0.6 is 23.2 Å². The fourth-order valence-corrected chi connectivity index (χ4v) is 3.37. The number of aromatic nitrogens is 3. The van der Waals surface area contributed by atoms with Gasteiger partial charge in [-0.3, -0.25) is 14.2 Å². The lowest BCUT2D eigenvalue weighted by Gasteiger charge is -2.12. The fraction of sp³-hybridized carbons (Fsp3) is 0.0476. The first kappa shape index (κ1) is 19.1. The molecule has 2 heterocycles. The van der Waals surface area contributed by atoms with Crippen LogP contribution in [0.3, 0.4) is 0 Å². The molecule has 2 aromatic heterocycles. The summed E-state index contributed by atoms with van der Waals surface area (Å²) in [7, 11) is 0. The molecule has 2 aromatic carbocycles. The van der Waals surface area contributed by atoms with Gasteiger partial charge in [0.25, 0.3) is 11.5 Å². The van der Waals surface area contributed by atoms with Crippen LogP contribution in [0, 0.1) is 6.92 Å². The van der Waals surface area contributed by atoms with Crippen molar-refractivity contribution < 1.29 is 4.79 Å². The average Bonchev–Trinajstić information content (AvgIpc) is 2.71. The molecular weight excluding hydrogens is 411 g/mol. The third-order valence-electron chi connectivity index (χ3n) is 4.37. The number of nitrogens with zero attached hydrogens (tertiary/aromatic N) is 3. The lowest BCUT2D eigenvalue weighted by atomic mass is 10.2. The lowest BCUT2D eigenvalue weighted by molar-refractivity contribution is 0.102. The number of hydrogen-bond donors (Lipinski definition) is 1. The molecule has 0 atom stereocenters. The standard InChI is InChI=1S/C21H14Cl2N4O2/c1-12-25-19-16(3-2-10-24-19)21(29)27(12)15-7-5-14(6-8-15)26-20(28)17-11-13(22)4-9-18(17)23/h2-11H,1H3,(H,26,28). The second-order valence-electron chi connectivity index (χ2n) is 6.30. The van der Waals surface area contributed by atoms with Crippen LogP contribution in [-0.2, 0) is 0 Å². The number of fused-ring (bicyclic) bond motifs is 1. The summed E-state index contributed by atoms with van der Waals surface area (Å²) in [6, 6.07) is 14.9. The number of carbonyl (C=O) groups excluding carboxylic acids is 1. The first-order chi connectivity index (χ1) is 13.9. The van der Waals surface area contributed by atoms with Gasteiger partial charge in [0.05, 0.1) is 21.7 Å². The van der Waals surface area contributed by atoms with E-state index in [0.717, 1.165) is 0 Å². The van der Waals surface area contributed by atoms with Gasteiger partial charge < -0.3 is 5.32 Å². The molecule has 4 rings (SSSR count). The fourth-order valence-electron chi connectivity index (χ4n) is 2.99. The molecule has 0 bridgehead atoms. The Kier molecular flexibility index (Phi) is 5.05. The minimum Gasteiger partial charge on any atom is -0.322 e. The van der Waals surface area contributed by atoms with E-state index < -0.39 is 0 Å². The molecule has 0 unspecified atom stereocenters. The summed E-state index contributed by atoms with van der Waals surface area (Å²) in [5.41, 5.74) is 1.67.